The smallest absolute Gasteiger partial charge is 0.185 e. The Morgan fingerprint density at radius 1 is 0.962 bits per heavy atom. The van der Waals surface area contributed by atoms with Crippen molar-refractivity contribution < 1.29 is 35.5 Å². The van der Waals surface area contributed by atoms with E-state index >= 15 is 0 Å². The van der Waals surface area contributed by atoms with Gasteiger partial charge in [0.05, 0.1) is 16.9 Å². The molecule has 0 aromatic heterocycles. The lowest BCUT2D eigenvalue weighted by atomic mass is 10.1. The molecule has 8 nitrogen and oxygen atoms in total. The second kappa shape index (κ2) is 7.38. The van der Waals surface area contributed by atoms with Gasteiger partial charge in [0, 0.05) is 5.56 Å². The fraction of sp³-hybridized carbons (Fsp3) is 0.0625. The lowest BCUT2D eigenvalue weighted by molar-refractivity contribution is 0.104. The number of carbonyl (C=O) groups is 1. The molecule has 0 amide bonds. The fourth-order valence-electron chi connectivity index (χ4n) is 2.05. The van der Waals surface area contributed by atoms with Gasteiger partial charge in [-0.3, -0.25) is 4.79 Å². The summed E-state index contributed by atoms with van der Waals surface area (Å²) in [5.41, 5.74) is 0.395. The first kappa shape index (κ1) is 19.8. The maximum absolute atomic E-state index is 12.1. The maximum atomic E-state index is 12.1. The van der Waals surface area contributed by atoms with E-state index in [1.807, 2.05) is 0 Å². The molecule has 0 bridgehead atoms. The molecule has 26 heavy (non-hydrogen) atoms. The number of carbonyl (C=O) groups excluding carboxylic acids is 1. The highest BCUT2D eigenvalue weighted by Gasteiger charge is 2.10. The normalized spacial score (nSPS) is 12.3. The number of rotatable bonds is 6. The van der Waals surface area contributed by atoms with Crippen LogP contribution in [0.5, 0.6) is 5.75 Å². The van der Waals surface area contributed by atoms with Gasteiger partial charge in [0.2, 0.25) is 0 Å². The van der Waals surface area contributed by atoms with Gasteiger partial charge in [-0.25, -0.2) is 16.8 Å². The van der Waals surface area contributed by atoms with E-state index in [4.69, 9.17) is 4.74 Å². The van der Waals surface area contributed by atoms with Crippen LogP contribution in [0.1, 0.15) is 15.9 Å². The van der Waals surface area contributed by atoms with Gasteiger partial charge >= 0.3 is 0 Å². The van der Waals surface area contributed by atoms with Crippen LogP contribution in [0.15, 0.2) is 58.3 Å². The number of allylic oxidation sites excluding steroid dienone is 1. The number of ether oxygens (including phenoxy) is 1. The highest BCUT2D eigenvalue weighted by Crippen LogP contribution is 2.25. The maximum Gasteiger partial charge on any atom is 0.185 e. The minimum Gasteiger partial charge on any atom is -0.744 e. The zero-order valence-corrected chi connectivity index (χ0v) is 14.9. The van der Waals surface area contributed by atoms with Crippen LogP contribution in [0.2, 0.25) is 0 Å². The van der Waals surface area contributed by atoms with Crippen LogP contribution in [0, 0.1) is 0 Å². The summed E-state index contributed by atoms with van der Waals surface area (Å²) in [5.74, 6) is -0.625. The zero-order chi connectivity index (χ0) is 19.5. The largest absolute Gasteiger partial charge is 0.744 e. The molecular weight excluding hydrogens is 384 g/mol. The standard InChI is InChI=1S/C16H14O8S2/c1-24-15-9-3-11(10-16(15)26(21,22)23)2-8-14(17)12-4-6-13(7-5-12)25(18,19)20/h2-10H,1H3,(H,18,19,20)(H,21,22,23)/p-2. The van der Waals surface area contributed by atoms with Gasteiger partial charge in [0.25, 0.3) is 0 Å². The summed E-state index contributed by atoms with van der Waals surface area (Å²) in [6.45, 7) is 0. The first-order valence-electron chi connectivity index (χ1n) is 6.94. The Kier molecular flexibility index (Phi) is 5.62. The quantitative estimate of drug-likeness (QED) is 0.405. The van der Waals surface area contributed by atoms with Crippen molar-refractivity contribution in [3.05, 3.63) is 59.7 Å². The molecule has 138 valence electrons. The van der Waals surface area contributed by atoms with Crippen molar-refractivity contribution in [3.8, 4) is 5.75 Å². The van der Waals surface area contributed by atoms with Crippen LogP contribution in [-0.2, 0) is 20.2 Å². The van der Waals surface area contributed by atoms with E-state index in [1.54, 1.807) is 0 Å². The SMILES string of the molecule is COc1ccc(C=CC(=O)c2ccc(S(=O)(=O)[O-])cc2)cc1S(=O)(=O)[O-]. The number of hydrogen-bond donors (Lipinski definition) is 0. The van der Waals surface area contributed by atoms with Crippen LogP contribution >= 0.6 is 0 Å². The molecule has 0 aliphatic rings. The highest BCUT2D eigenvalue weighted by molar-refractivity contribution is 7.86. The van der Waals surface area contributed by atoms with Gasteiger partial charge < -0.3 is 13.8 Å². The molecule has 0 aliphatic carbocycles. The summed E-state index contributed by atoms with van der Waals surface area (Å²) in [7, 11) is -8.14. The molecule has 0 heterocycles. The molecule has 2 rings (SSSR count). The van der Waals surface area contributed by atoms with Gasteiger partial charge in [0.1, 0.15) is 26.0 Å². The van der Waals surface area contributed by atoms with Crippen molar-refractivity contribution in [1.82, 2.24) is 0 Å². The molecule has 2 aromatic rings. The minimum atomic E-state index is -4.76. The first-order valence-corrected chi connectivity index (χ1v) is 9.76. The van der Waals surface area contributed by atoms with E-state index in [1.165, 1.54) is 37.5 Å². The minimum absolute atomic E-state index is 0.113. The summed E-state index contributed by atoms with van der Waals surface area (Å²) in [5, 5.41) is 0. The Bertz CT molecular complexity index is 1070. The van der Waals surface area contributed by atoms with Gasteiger partial charge in [-0.2, -0.15) is 0 Å². The molecule has 2 aromatic carbocycles. The van der Waals surface area contributed by atoms with E-state index in [9.17, 15) is 30.7 Å². The van der Waals surface area contributed by atoms with Crippen LogP contribution in [-0.4, -0.2) is 38.8 Å². The van der Waals surface area contributed by atoms with E-state index < -0.39 is 35.8 Å². The predicted octanol–water partition coefficient (Wildman–Crippen LogP) is 1.40. The lowest BCUT2D eigenvalue weighted by Crippen LogP contribution is -2.02. The third-order valence-corrected chi connectivity index (χ3v) is 5.02. The molecule has 0 radical (unpaired) electrons. The van der Waals surface area contributed by atoms with Crippen LogP contribution in [0.4, 0.5) is 0 Å². The van der Waals surface area contributed by atoms with E-state index in [0.29, 0.717) is 0 Å². The van der Waals surface area contributed by atoms with Crippen LogP contribution in [0.3, 0.4) is 0 Å². The summed E-state index contributed by atoms with van der Waals surface area (Å²) in [6.07, 6.45) is 2.40. The number of hydrogen-bond acceptors (Lipinski definition) is 8. The molecule has 0 N–H and O–H groups in total. The first-order chi connectivity index (χ1) is 12.0. The average molecular weight is 396 g/mol. The van der Waals surface area contributed by atoms with Gasteiger partial charge in [-0.1, -0.05) is 12.1 Å². The Morgan fingerprint density at radius 3 is 2.08 bits per heavy atom. The summed E-state index contributed by atoms with van der Waals surface area (Å²) in [6, 6.07) is 8.18. The topological polar surface area (TPSA) is 141 Å². The van der Waals surface area contributed by atoms with Crippen molar-refractivity contribution in [2.24, 2.45) is 0 Å². The second-order valence-electron chi connectivity index (χ2n) is 5.04. The Hall–Kier alpha value is -2.53. The Morgan fingerprint density at radius 2 is 1.58 bits per heavy atom. The van der Waals surface area contributed by atoms with Gasteiger partial charge in [0.15, 0.2) is 5.78 Å². The molecular formula is C16H12O8S2-2. The van der Waals surface area contributed by atoms with Gasteiger partial charge in [-0.05, 0) is 48.0 Å². The van der Waals surface area contributed by atoms with Gasteiger partial charge in [-0.15, -0.1) is 0 Å². The van der Waals surface area contributed by atoms with Crippen molar-refractivity contribution in [2.45, 2.75) is 9.79 Å². The van der Waals surface area contributed by atoms with Crippen molar-refractivity contribution in [1.29, 1.82) is 0 Å². The summed E-state index contributed by atoms with van der Waals surface area (Å²) in [4.78, 5) is 11.0. The molecule has 0 atom stereocenters. The summed E-state index contributed by atoms with van der Waals surface area (Å²) < 4.78 is 71.1. The monoisotopic (exact) mass is 396 g/mol. The van der Waals surface area contributed by atoms with E-state index in [2.05, 4.69) is 0 Å². The molecule has 0 spiro atoms. The number of benzene rings is 2. The molecule has 10 heteroatoms. The number of methoxy groups -OCH3 is 1. The Labute approximate surface area is 150 Å². The van der Waals surface area contributed by atoms with E-state index in [0.717, 1.165) is 24.3 Å². The molecule has 0 fully saturated rings. The lowest BCUT2D eigenvalue weighted by Gasteiger charge is -2.12. The van der Waals surface area contributed by atoms with Crippen molar-refractivity contribution >= 4 is 32.1 Å². The average Bonchev–Trinajstić information content (AvgIpc) is 2.58. The molecule has 0 saturated heterocycles. The van der Waals surface area contributed by atoms with Crippen LogP contribution < -0.4 is 4.74 Å². The van der Waals surface area contributed by atoms with E-state index in [-0.39, 0.29) is 16.9 Å². The fourth-order valence-corrected chi connectivity index (χ4v) is 3.19. The predicted molar refractivity (Wildman–Crippen MR) is 88.7 cm³/mol. The van der Waals surface area contributed by atoms with Crippen molar-refractivity contribution in [2.75, 3.05) is 7.11 Å². The molecule has 0 saturated carbocycles. The van der Waals surface area contributed by atoms with Crippen molar-refractivity contribution in [3.63, 3.8) is 0 Å². The molecule has 0 aliphatic heterocycles. The zero-order valence-electron chi connectivity index (χ0n) is 13.3. The van der Waals surface area contributed by atoms with Crippen LogP contribution in [0.25, 0.3) is 6.08 Å². The summed E-state index contributed by atoms with van der Waals surface area (Å²) >= 11 is 0. The second-order valence-corrected chi connectivity index (χ2v) is 7.77. The third kappa shape index (κ3) is 4.76. The number of ketones is 1. The molecule has 0 unspecified atom stereocenters. The third-order valence-electron chi connectivity index (χ3n) is 3.31. The Balaban J connectivity index is 2.28. The highest BCUT2D eigenvalue weighted by atomic mass is 32.2.